The molecule has 5 heteroatoms. The summed E-state index contributed by atoms with van der Waals surface area (Å²) >= 11 is 0.938. The fourth-order valence-corrected chi connectivity index (χ4v) is 2.67. The van der Waals surface area contributed by atoms with Crippen LogP contribution in [0.1, 0.15) is 32.6 Å². The van der Waals surface area contributed by atoms with Crippen LogP contribution in [0.2, 0.25) is 0 Å². The van der Waals surface area contributed by atoms with Crippen LogP contribution in [0.4, 0.5) is 9.18 Å². The smallest absolute Gasteiger partial charge is 0.282 e. The van der Waals surface area contributed by atoms with Crippen LogP contribution in [-0.2, 0) is 4.79 Å². The molecule has 2 aliphatic rings. The highest BCUT2D eigenvalue weighted by molar-refractivity contribution is 8.18. The van der Waals surface area contributed by atoms with Crippen LogP contribution in [0.25, 0.3) is 0 Å². The van der Waals surface area contributed by atoms with Gasteiger partial charge < -0.3 is 0 Å². The third-order valence-electron chi connectivity index (χ3n) is 2.83. The lowest BCUT2D eigenvalue weighted by molar-refractivity contribution is -0.115. The van der Waals surface area contributed by atoms with Crippen LogP contribution in [0.15, 0.2) is 10.5 Å². The summed E-state index contributed by atoms with van der Waals surface area (Å²) in [7, 11) is 0. The van der Waals surface area contributed by atoms with Crippen LogP contribution < -0.4 is 5.32 Å². The van der Waals surface area contributed by atoms with Gasteiger partial charge in [0.1, 0.15) is 5.67 Å². The van der Waals surface area contributed by atoms with Gasteiger partial charge in [-0.1, -0.05) is 5.57 Å². The Morgan fingerprint density at radius 1 is 1.33 bits per heavy atom. The van der Waals surface area contributed by atoms with E-state index in [0.717, 1.165) is 17.3 Å². The van der Waals surface area contributed by atoms with E-state index in [4.69, 9.17) is 0 Å². The van der Waals surface area contributed by atoms with Crippen molar-refractivity contribution in [2.75, 3.05) is 0 Å². The standard InChI is InChI=1S/C10H12FNO2S/c1-10(11)4-2-6(3-5-10)7-8(13)12-9(14)15-7/h2-5H2,1H3,(H,12,13,14). The molecule has 2 amide bonds. The number of nitrogens with one attached hydrogen (secondary N) is 1. The zero-order valence-corrected chi connectivity index (χ0v) is 9.25. The average molecular weight is 229 g/mol. The van der Waals surface area contributed by atoms with Crippen LogP contribution in [-0.4, -0.2) is 16.8 Å². The lowest BCUT2D eigenvalue weighted by Gasteiger charge is -2.27. The van der Waals surface area contributed by atoms with E-state index in [0.29, 0.717) is 30.6 Å². The predicted octanol–water partition coefficient (Wildman–Crippen LogP) is 2.53. The molecule has 0 radical (unpaired) electrons. The maximum Gasteiger partial charge on any atom is 0.290 e. The molecule has 1 N–H and O–H groups in total. The van der Waals surface area contributed by atoms with Crippen LogP contribution in [0.3, 0.4) is 0 Å². The van der Waals surface area contributed by atoms with Gasteiger partial charge in [0.05, 0.1) is 4.91 Å². The number of halogens is 1. The number of carbonyl (C=O) groups is 2. The van der Waals surface area contributed by atoms with E-state index < -0.39 is 5.67 Å². The number of amides is 2. The number of thioether (sulfide) groups is 1. The van der Waals surface area contributed by atoms with Crippen molar-refractivity contribution in [2.45, 2.75) is 38.3 Å². The van der Waals surface area contributed by atoms with Crippen molar-refractivity contribution in [3.05, 3.63) is 10.5 Å². The fourth-order valence-electron chi connectivity index (χ4n) is 1.85. The van der Waals surface area contributed by atoms with Gasteiger partial charge in [-0.3, -0.25) is 14.9 Å². The van der Waals surface area contributed by atoms with Crippen LogP contribution in [0.5, 0.6) is 0 Å². The maximum absolute atomic E-state index is 13.5. The number of imide groups is 1. The summed E-state index contributed by atoms with van der Waals surface area (Å²) in [6.07, 6.45) is 2.04. The van der Waals surface area contributed by atoms with Crippen molar-refractivity contribution in [2.24, 2.45) is 0 Å². The first-order valence-electron chi connectivity index (χ1n) is 4.92. The summed E-state index contributed by atoms with van der Waals surface area (Å²) < 4.78 is 13.5. The van der Waals surface area contributed by atoms with Gasteiger partial charge in [0, 0.05) is 0 Å². The van der Waals surface area contributed by atoms with E-state index in [2.05, 4.69) is 5.32 Å². The molecule has 0 aromatic rings. The van der Waals surface area contributed by atoms with E-state index in [9.17, 15) is 14.0 Å². The molecule has 1 heterocycles. The van der Waals surface area contributed by atoms with Crippen molar-refractivity contribution in [3.63, 3.8) is 0 Å². The molecule has 2 rings (SSSR count). The summed E-state index contributed by atoms with van der Waals surface area (Å²) in [4.78, 5) is 22.8. The Morgan fingerprint density at radius 2 is 1.93 bits per heavy atom. The topological polar surface area (TPSA) is 46.2 Å². The Bertz CT molecular complexity index is 350. The first-order chi connectivity index (χ1) is 6.98. The highest BCUT2D eigenvalue weighted by Crippen LogP contribution is 2.39. The van der Waals surface area contributed by atoms with Crippen molar-refractivity contribution in [1.82, 2.24) is 5.32 Å². The molecule has 0 atom stereocenters. The summed E-state index contributed by atoms with van der Waals surface area (Å²) in [6, 6.07) is 0. The van der Waals surface area contributed by atoms with E-state index in [1.165, 1.54) is 0 Å². The lowest BCUT2D eigenvalue weighted by atomic mass is 9.84. The quantitative estimate of drug-likeness (QED) is 0.649. The minimum absolute atomic E-state index is 0.317. The Morgan fingerprint density at radius 3 is 2.40 bits per heavy atom. The summed E-state index contributed by atoms with van der Waals surface area (Å²) in [5.41, 5.74) is -0.188. The van der Waals surface area contributed by atoms with Crippen LogP contribution in [0, 0.1) is 0 Å². The average Bonchev–Trinajstić information content (AvgIpc) is 2.45. The normalized spacial score (nSPS) is 32.1. The summed E-state index contributed by atoms with van der Waals surface area (Å²) in [5, 5.41) is 1.90. The van der Waals surface area contributed by atoms with Gasteiger partial charge in [-0.2, -0.15) is 0 Å². The largest absolute Gasteiger partial charge is 0.290 e. The highest BCUT2D eigenvalue weighted by Gasteiger charge is 2.33. The van der Waals surface area contributed by atoms with Crippen LogP contribution >= 0.6 is 11.8 Å². The molecule has 1 saturated heterocycles. The highest BCUT2D eigenvalue weighted by atomic mass is 32.2. The SMILES string of the molecule is CC1(F)CCC(=C2SC(=O)NC2=O)CC1. The zero-order chi connectivity index (χ0) is 11.1. The lowest BCUT2D eigenvalue weighted by Crippen LogP contribution is -2.24. The van der Waals surface area contributed by atoms with Crippen molar-refractivity contribution in [3.8, 4) is 0 Å². The molecule has 0 unspecified atom stereocenters. The van der Waals surface area contributed by atoms with Gasteiger partial charge in [0.25, 0.3) is 11.1 Å². The fraction of sp³-hybridized carbons (Fsp3) is 0.600. The predicted molar refractivity (Wildman–Crippen MR) is 56.1 cm³/mol. The Balaban J connectivity index is 2.15. The molecule has 82 valence electrons. The molecule has 2 fully saturated rings. The van der Waals surface area contributed by atoms with Gasteiger partial charge >= 0.3 is 0 Å². The number of rotatable bonds is 0. The monoisotopic (exact) mass is 229 g/mol. The van der Waals surface area contributed by atoms with Crippen molar-refractivity contribution >= 4 is 22.9 Å². The van der Waals surface area contributed by atoms with Gasteiger partial charge in [0.15, 0.2) is 0 Å². The molecule has 0 bridgehead atoms. The van der Waals surface area contributed by atoms with E-state index >= 15 is 0 Å². The van der Waals surface area contributed by atoms with E-state index in [-0.39, 0.29) is 11.1 Å². The summed E-state index contributed by atoms with van der Waals surface area (Å²) in [6.45, 7) is 1.58. The van der Waals surface area contributed by atoms with Gasteiger partial charge in [0.2, 0.25) is 0 Å². The molecule has 0 aromatic heterocycles. The van der Waals surface area contributed by atoms with Crippen molar-refractivity contribution in [1.29, 1.82) is 0 Å². The molecule has 15 heavy (non-hydrogen) atoms. The molecule has 3 nitrogen and oxygen atoms in total. The number of alkyl halides is 1. The van der Waals surface area contributed by atoms with Crippen molar-refractivity contribution < 1.29 is 14.0 Å². The molecule has 1 saturated carbocycles. The van der Waals surface area contributed by atoms with E-state index in [1.54, 1.807) is 6.92 Å². The molecular weight excluding hydrogens is 217 g/mol. The van der Waals surface area contributed by atoms with Gasteiger partial charge in [-0.15, -0.1) is 0 Å². The minimum Gasteiger partial charge on any atom is -0.282 e. The number of carbonyl (C=O) groups excluding carboxylic acids is 2. The Labute approximate surface area is 91.5 Å². The molecule has 0 aromatic carbocycles. The number of hydrogen-bond acceptors (Lipinski definition) is 3. The molecule has 0 spiro atoms. The zero-order valence-electron chi connectivity index (χ0n) is 8.43. The molecule has 1 aliphatic carbocycles. The van der Waals surface area contributed by atoms with E-state index in [1.807, 2.05) is 0 Å². The maximum atomic E-state index is 13.5. The Hall–Kier alpha value is -0.840. The third kappa shape index (κ3) is 2.22. The number of allylic oxidation sites excluding steroid dienone is 1. The first-order valence-corrected chi connectivity index (χ1v) is 5.74. The minimum atomic E-state index is -1.12. The number of hydrogen-bond donors (Lipinski definition) is 1. The summed E-state index contributed by atoms with van der Waals surface area (Å²) in [5.74, 6) is -0.317. The first kappa shape index (κ1) is 10.7. The molecular formula is C10H12FNO2S. The second-order valence-electron chi connectivity index (χ2n) is 4.19. The molecule has 1 aliphatic heterocycles. The van der Waals surface area contributed by atoms with Gasteiger partial charge in [-0.25, -0.2) is 4.39 Å². The Kier molecular flexibility index (Phi) is 2.58. The third-order valence-corrected chi connectivity index (χ3v) is 3.80. The second-order valence-corrected chi connectivity index (χ2v) is 5.17. The second kappa shape index (κ2) is 3.63. The van der Waals surface area contributed by atoms with Gasteiger partial charge in [-0.05, 0) is 44.4 Å².